The van der Waals surface area contributed by atoms with Gasteiger partial charge in [0.2, 0.25) is 11.9 Å². The predicted molar refractivity (Wildman–Crippen MR) is 81.8 cm³/mol. The fourth-order valence-electron chi connectivity index (χ4n) is 1.56. The highest BCUT2D eigenvalue weighted by atomic mass is 16.1. The molecule has 0 spiro atoms. The molecule has 0 saturated carbocycles. The smallest absolute Gasteiger partial charge is 0.224 e. The molecule has 0 aliphatic rings. The second-order valence-electron chi connectivity index (χ2n) is 4.33. The number of rotatable bonds is 4. The highest BCUT2D eigenvalue weighted by molar-refractivity contribution is 5.97. The van der Waals surface area contributed by atoms with Crippen LogP contribution in [0.3, 0.4) is 0 Å². The maximum absolute atomic E-state index is 11.7. The van der Waals surface area contributed by atoms with Crippen molar-refractivity contribution < 1.29 is 4.79 Å². The molecule has 0 unspecified atom stereocenters. The Hall–Kier alpha value is -2.57. The van der Waals surface area contributed by atoms with Crippen molar-refractivity contribution in [2.75, 3.05) is 5.32 Å². The van der Waals surface area contributed by atoms with E-state index in [1.807, 2.05) is 19.9 Å². The zero-order chi connectivity index (χ0) is 15.1. The van der Waals surface area contributed by atoms with E-state index in [0.29, 0.717) is 17.8 Å². The summed E-state index contributed by atoms with van der Waals surface area (Å²) in [5, 5.41) is 2.78. The Morgan fingerprint density at radius 3 is 2.60 bits per heavy atom. The first-order valence-corrected chi connectivity index (χ1v) is 6.26. The maximum Gasteiger partial charge on any atom is 0.224 e. The van der Waals surface area contributed by atoms with Gasteiger partial charge in [0, 0.05) is 6.42 Å². The minimum absolute atomic E-state index is 0.0680. The predicted octanol–water partition coefficient (Wildman–Crippen LogP) is 0.953. The van der Waals surface area contributed by atoms with Crippen molar-refractivity contribution in [3.05, 3.63) is 23.8 Å². The molecule has 1 aromatic rings. The molecule has 1 amide bonds. The molecule has 0 aliphatic carbocycles. The van der Waals surface area contributed by atoms with Crippen LogP contribution in [-0.2, 0) is 4.79 Å². The lowest BCUT2D eigenvalue weighted by atomic mass is 10.2. The van der Waals surface area contributed by atoms with Crippen molar-refractivity contribution in [3.63, 3.8) is 0 Å². The summed E-state index contributed by atoms with van der Waals surface area (Å²) in [5.41, 5.74) is 18.1. The van der Waals surface area contributed by atoms with Crippen molar-refractivity contribution in [1.82, 2.24) is 0 Å². The SMILES string of the molecule is CCCC(=O)Nc1ccc(C)cc1N=C(N)N=C(N)N. The third-order valence-corrected chi connectivity index (χ3v) is 2.38. The Kier molecular flexibility index (Phi) is 5.52. The lowest BCUT2D eigenvalue weighted by Crippen LogP contribution is -2.26. The van der Waals surface area contributed by atoms with Crippen LogP contribution >= 0.6 is 0 Å². The second-order valence-corrected chi connectivity index (χ2v) is 4.33. The Labute approximate surface area is 118 Å². The van der Waals surface area contributed by atoms with E-state index >= 15 is 0 Å². The number of guanidine groups is 2. The number of aliphatic imine (C=N–C) groups is 2. The Morgan fingerprint density at radius 2 is 2.00 bits per heavy atom. The van der Waals surface area contributed by atoms with E-state index in [4.69, 9.17) is 17.2 Å². The number of nitrogens with one attached hydrogen (secondary N) is 1. The third-order valence-electron chi connectivity index (χ3n) is 2.38. The van der Waals surface area contributed by atoms with Gasteiger partial charge in [-0.15, -0.1) is 0 Å². The molecule has 1 rings (SSSR count). The van der Waals surface area contributed by atoms with Gasteiger partial charge >= 0.3 is 0 Å². The van der Waals surface area contributed by atoms with Crippen molar-refractivity contribution in [3.8, 4) is 0 Å². The summed E-state index contributed by atoms with van der Waals surface area (Å²) in [6, 6.07) is 5.43. The number of anilines is 1. The standard InChI is InChI=1S/C13H20N6O/c1-3-4-11(20)17-9-6-5-8(2)7-10(9)18-13(16)19-12(14)15/h5-7H,3-4H2,1-2H3,(H,17,20)(H6,14,15,16,18,19). The normalized spacial score (nSPS) is 11.0. The molecular formula is C13H20N6O. The number of nitrogens with zero attached hydrogens (tertiary/aromatic N) is 2. The van der Waals surface area contributed by atoms with E-state index < -0.39 is 0 Å². The summed E-state index contributed by atoms with van der Waals surface area (Å²) in [6.07, 6.45) is 1.22. The monoisotopic (exact) mass is 276 g/mol. The zero-order valence-electron chi connectivity index (χ0n) is 11.7. The van der Waals surface area contributed by atoms with Crippen LogP contribution in [0.15, 0.2) is 28.2 Å². The molecule has 1 aromatic carbocycles. The molecule has 0 bridgehead atoms. The molecular weight excluding hydrogens is 256 g/mol. The number of carbonyl (C=O) groups is 1. The first-order chi connectivity index (χ1) is 9.42. The molecule has 108 valence electrons. The fourth-order valence-corrected chi connectivity index (χ4v) is 1.56. The molecule has 0 atom stereocenters. The second kappa shape index (κ2) is 7.13. The molecule has 7 nitrogen and oxygen atoms in total. The van der Waals surface area contributed by atoms with Crippen molar-refractivity contribution in [2.24, 2.45) is 27.2 Å². The van der Waals surface area contributed by atoms with Crippen LogP contribution in [-0.4, -0.2) is 17.8 Å². The first kappa shape index (κ1) is 15.5. The van der Waals surface area contributed by atoms with E-state index in [0.717, 1.165) is 12.0 Å². The molecule has 7 heteroatoms. The van der Waals surface area contributed by atoms with Gasteiger partial charge in [0.25, 0.3) is 0 Å². The lowest BCUT2D eigenvalue weighted by molar-refractivity contribution is -0.116. The average Bonchev–Trinajstić information content (AvgIpc) is 2.31. The van der Waals surface area contributed by atoms with Crippen LogP contribution in [0.4, 0.5) is 11.4 Å². The zero-order valence-corrected chi connectivity index (χ0v) is 11.7. The van der Waals surface area contributed by atoms with Crippen molar-refractivity contribution in [1.29, 1.82) is 0 Å². The van der Waals surface area contributed by atoms with Crippen molar-refractivity contribution in [2.45, 2.75) is 26.7 Å². The fraction of sp³-hybridized carbons (Fsp3) is 0.308. The largest absolute Gasteiger partial charge is 0.370 e. The molecule has 20 heavy (non-hydrogen) atoms. The number of hydrogen-bond donors (Lipinski definition) is 4. The van der Waals surface area contributed by atoms with E-state index in [9.17, 15) is 4.79 Å². The minimum Gasteiger partial charge on any atom is -0.370 e. The number of amides is 1. The van der Waals surface area contributed by atoms with Crippen LogP contribution in [0.2, 0.25) is 0 Å². The number of carbonyl (C=O) groups excluding carboxylic acids is 1. The number of nitrogens with two attached hydrogens (primary N) is 3. The highest BCUT2D eigenvalue weighted by Gasteiger charge is 2.06. The summed E-state index contributed by atoms with van der Waals surface area (Å²) >= 11 is 0. The summed E-state index contributed by atoms with van der Waals surface area (Å²) < 4.78 is 0. The Morgan fingerprint density at radius 1 is 1.30 bits per heavy atom. The van der Waals surface area contributed by atoms with Crippen LogP contribution < -0.4 is 22.5 Å². The van der Waals surface area contributed by atoms with Crippen LogP contribution in [0.1, 0.15) is 25.3 Å². The molecule has 0 heterocycles. The highest BCUT2D eigenvalue weighted by Crippen LogP contribution is 2.26. The maximum atomic E-state index is 11.7. The summed E-state index contributed by atoms with van der Waals surface area (Å²) in [4.78, 5) is 19.4. The minimum atomic E-state index is -0.171. The van der Waals surface area contributed by atoms with Gasteiger partial charge in [-0.25, -0.2) is 4.99 Å². The van der Waals surface area contributed by atoms with Crippen LogP contribution in [0, 0.1) is 6.92 Å². The van der Waals surface area contributed by atoms with Crippen molar-refractivity contribution >= 4 is 29.2 Å². The van der Waals surface area contributed by atoms with Gasteiger partial charge in [-0.3, -0.25) is 4.79 Å². The van der Waals surface area contributed by atoms with Gasteiger partial charge < -0.3 is 22.5 Å². The summed E-state index contributed by atoms with van der Waals surface area (Å²) in [5.74, 6) is -0.315. The number of aryl methyl sites for hydroxylation is 1. The van der Waals surface area contributed by atoms with Gasteiger partial charge in [-0.2, -0.15) is 4.99 Å². The van der Waals surface area contributed by atoms with E-state index in [2.05, 4.69) is 15.3 Å². The lowest BCUT2D eigenvalue weighted by Gasteiger charge is -2.09. The molecule has 0 aliphatic heterocycles. The van der Waals surface area contributed by atoms with Gasteiger partial charge in [0.15, 0.2) is 5.96 Å². The van der Waals surface area contributed by atoms with Gasteiger partial charge in [0.1, 0.15) is 0 Å². The number of hydrogen-bond acceptors (Lipinski definition) is 2. The molecule has 7 N–H and O–H groups in total. The Bertz CT molecular complexity index is 546. The summed E-state index contributed by atoms with van der Waals surface area (Å²) in [6.45, 7) is 3.85. The Balaban J connectivity index is 3.08. The number of benzene rings is 1. The molecule has 0 fully saturated rings. The quantitative estimate of drug-likeness (QED) is 0.481. The van der Waals surface area contributed by atoms with Crippen LogP contribution in [0.5, 0.6) is 0 Å². The topological polar surface area (TPSA) is 132 Å². The molecule has 0 aromatic heterocycles. The van der Waals surface area contributed by atoms with Gasteiger partial charge in [0.05, 0.1) is 11.4 Å². The molecule has 0 radical (unpaired) electrons. The van der Waals surface area contributed by atoms with Gasteiger partial charge in [-0.05, 0) is 31.0 Å². The average molecular weight is 276 g/mol. The first-order valence-electron chi connectivity index (χ1n) is 6.26. The third kappa shape index (κ3) is 4.97. The molecule has 0 saturated heterocycles. The van der Waals surface area contributed by atoms with E-state index in [-0.39, 0.29) is 17.8 Å². The van der Waals surface area contributed by atoms with E-state index in [1.54, 1.807) is 12.1 Å². The summed E-state index contributed by atoms with van der Waals surface area (Å²) in [7, 11) is 0. The van der Waals surface area contributed by atoms with E-state index in [1.165, 1.54) is 0 Å². The van der Waals surface area contributed by atoms with Gasteiger partial charge in [-0.1, -0.05) is 13.0 Å². The van der Waals surface area contributed by atoms with Crippen LogP contribution in [0.25, 0.3) is 0 Å².